The molecule has 1 rings (SSSR count). The first-order chi connectivity index (χ1) is 10.0. The number of hydrogen-bond donors (Lipinski definition) is 1. The normalized spacial score (nSPS) is 12.0. The van der Waals surface area contributed by atoms with E-state index in [0.717, 1.165) is 25.6 Å². The Morgan fingerprint density at radius 2 is 1.81 bits per heavy atom. The molecule has 1 N–H and O–H groups in total. The Labute approximate surface area is 135 Å². The summed E-state index contributed by atoms with van der Waals surface area (Å²) in [5.74, 6) is 0.722. The Morgan fingerprint density at radius 3 is 2.43 bits per heavy atom. The van der Waals surface area contributed by atoms with Crippen molar-refractivity contribution in [2.75, 3.05) is 13.1 Å². The van der Waals surface area contributed by atoms with Crippen LogP contribution >= 0.6 is 11.3 Å². The summed E-state index contributed by atoms with van der Waals surface area (Å²) in [6.07, 6.45) is 3.97. The Balaban J connectivity index is 2.42. The molecular weight excluding hydrogens is 276 g/mol. The van der Waals surface area contributed by atoms with E-state index in [-0.39, 0.29) is 0 Å². The Kier molecular flexibility index (Phi) is 9.21. The second-order valence-corrected chi connectivity index (χ2v) is 7.92. The van der Waals surface area contributed by atoms with Crippen LogP contribution in [-0.2, 0) is 13.1 Å². The summed E-state index contributed by atoms with van der Waals surface area (Å²) < 4.78 is 0. The van der Waals surface area contributed by atoms with Crippen molar-refractivity contribution in [1.82, 2.24) is 10.2 Å². The Hall–Kier alpha value is -0.380. The summed E-state index contributed by atoms with van der Waals surface area (Å²) in [6, 6.07) is 5.23. The summed E-state index contributed by atoms with van der Waals surface area (Å²) in [5, 5.41) is 3.53. The van der Waals surface area contributed by atoms with Crippen LogP contribution in [-0.4, -0.2) is 24.0 Å². The number of thiophene rings is 1. The monoisotopic (exact) mass is 310 g/mol. The summed E-state index contributed by atoms with van der Waals surface area (Å²) in [4.78, 5) is 5.57. The molecule has 0 amide bonds. The third kappa shape index (κ3) is 7.98. The van der Waals surface area contributed by atoms with Crippen molar-refractivity contribution in [3.63, 3.8) is 0 Å². The highest BCUT2D eigenvalue weighted by Gasteiger charge is 2.11. The van der Waals surface area contributed by atoms with Crippen molar-refractivity contribution in [1.29, 1.82) is 0 Å². The molecule has 0 bridgehead atoms. The zero-order chi connectivity index (χ0) is 15.7. The van der Waals surface area contributed by atoms with Gasteiger partial charge in [-0.3, -0.25) is 4.90 Å². The van der Waals surface area contributed by atoms with Gasteiger partial charge in [-0.25, -0.2) is 0 Å². The van der Waals surface area contributed by atoms with Gasteiger partial charge in [-0.2, -0.15) is 0 Å². The maximum absolute atomic E-state index is 3.53. The van der Waals surface area contributed by atoms with Gasteiger partial charge in [-0.15, -0.1) is 11.3 Å². The number of unbranched alkanes of at least 4 members (excludes halogenated alkanes) is 2. The lowest BCUT2D eigenvalue weighted by molar-refractivity contribution is 0.210. The summed E-state index contributed by atoms with van der Waals surface area (Å²) >= 11 is 1.97. The van der Waals surface area contributed by atoms with E-state index in [1.807, 2.05) is 11.3 Å². The molecule has 1 aromatic rings. The zero-order valence-electron chi connectivity index (χ0n) is 14.6. The molecule has 1 aromatic heterocycles. The molecule has 0 aliphatic carbocycles. The molecule has 21 heavy (non-hydrogen) atoms. The van der Waals surface area contributed by atoms with Gasteiger partial charge in [-0.1, -0.05) is 33.6 Å². The maximum Gasteiger partial charge on any atom is 0.0330 e. The van der Waals surface area contributed by atoms with Gasteiger partial charge in [-0.05, 0) is 51.4 Å². The van der Waals surface area contributed by atoms with Crippen molar-refractivity contribution < 1.29 is 0 Å². The number of hydrogen-bond acceptors (Lipinski definition) is 3. The largest absolute Gasteiger partial charge is 0.312 e. The predicted octanol–water partition coefficient (Wildman–Crippen LogP) is 4.89. The van der Waals surface area contributed by atoms with Crippen LogP contribution in [0.2, 0.25) is 0 Å². The van der Waals surface area contributed by atoms with E-state index in [9.17, 15) is 0 Å². The molecule has 0 unspecified atom stereocenters. The predicted molar refractivity (Wildman–Crippen MR) is 95.9 cm³/mol. The number of rotatable bonds is 11. The average molecular weight is 311 g/mol. The number of nitrogens with one attached hydrogen (secondary N) is 1. The van der Waals surface area contributed by atoms with Crippen molar-refractivity contribution in [3.05, 3.63) is 21.9 Å². The summed E-state index contributed by atoms with van der Waals surface area (Å²) in [7, 11) is 0. The third-order valence-corrected chi connectivity index (χ3v) is 4.78. The van der Waals surface area contributed by atoms with E-state index in [2.05, 4.69) is 57.0 Å². The lowest BCUT2D eigenvalue weighted by atomic mass is 10.2. The standard InChI is InChI=1S/C18H34N2S/c1-6-7-8-11-20(16(4)5)14-18-10-9-17(21-18)13-19-12-15(2)3/h9-10,15-16,19H,6-8,11-14H2,1-5H3. The van der Waals surface area contributed by atoms with E-state index in [4.69, 9.17) is 0 Å². The third-order valence-electron chi connectivity index (χ3n) is 3.71. The average Bonchev–Trinajstić information content (AvgIpc) is 2.85. The molecule has 0 aliphatic heterocycles. The van der Waals surface area contributed by atoms with Crippen molar-refractivity contribution in [3.8, 4) is 0 Å². The fourth-order valence-electron chi connectivity index (χ4n) is 2.37. The second-order valence-electron chi connectivity index (χ2n) is 6.66. The van der Waals surface area contributed by atoms with E-state index in [0.29, 0.717) is 6.04 Å². The van der Waals surface area contributed by atoms with Crippen molar-refractivity contribution >= 4 is 11.3 Å². The van der Waals surface area contributed by atoms with E-state index in [1.54, 1.807) is 0 Å². The van der Waals surface area contributed by atoms with Crippen LogP contribution in [0.5, 0.6) is 0 Å². The first-order valence-electron chi connectivity index (χ1n) is 8.55. The van der Waals surface area contributed by atoms with Gasteiger partial charge >= 0.3 is 0 Å². The SMILES string of the molecule is CCCCCN(Cc1ccc(CNCC(C)C)s1)C(C)C. The van der Waals surface area contributed by atoms with Gasteiger partial charge < -0.3 is 5.32 Å². The van der Waals surface area contributed by atoms with Crippen LogP contribution in [0.1, 0.15) is 63.6 Å². The van der Waals surface area contributed by atoms with Crippen LogP contribution in [0.3, 0.4) is 0 Å². The Bertz CT molecular complexity index is 371. The molecule has 2 nitrogen and oxygen atoms in total. The van der Waals surface area contributed by atoms with Crippen molar-refractivity contribution in [2.45, 2.75) is 73.0 Å². The molecule has 0 aromatic carbocycles. The molecular formula is C18H34N2S. The van der Waals surface area contributed by atoms with Gasteiger partial charge in [0.15, 0.2) is 0 Å². The Morgan fingerprint density at radius 1 is 1.10 bits per heavy atom. The molecule has 0 spiro atoms. The van der Waals surface area contributed by atoms with Crippen LogP contribution in [0, 0.1) is 5.92 Å². The van der Waals surface area contributed by atoms with Gasteiger partial charge in [0.1, 0.15) is 0 Å². The molecule has 122 valence electrons. The topological polar surface area (TPSA) is 15.3 Å². The van der Waals surface area contributed by atoms with Gasteiger partial charge in [0.25, 0.3) is 0 Å². The minimum atomic E-state index is 0.631. The lowest BCUT2D eigenvalue weighted by Gasteiger charge is -2.25. The minimum Gasteiger partial charge on any atom is -0.312 e. The van der Waals surface area contributed by atoms with E-state index in [1.165, 1.54) is 35.6 Å². The summed E-state index contributed by atoms with van der Waals surface area (Å²) in [6.45, 7) is 15.8. The molecule has 0 fully saturated rings. The van der Waals surface area contributed by atoms with E-state index >= 15 is 0 Å². The minimum absolute atomic E-state index is 0.631. The first kappa shape index (κ1) is 18.7. The van der Waals surface area contributed by atoms with Crippen LogP contribution in [0.15, 0.2) is 12.1 Å². The fourth-order valence-corrected chi connectivity index (χ4v) is 3.38. The molecule has 0 aliphatic rings. The molecule has 0 saturated carbocycles. The zero-order valence-corrected chi connectivity index (χ0v) is 15.4. The molecule has 0 atom stereocenters. The molecule has 0 saturated heterocycles. The lowest BCUT2D eigenvalue weighted by Crippen LogP contribution is -2.30. The van der Waals surface area contributed by atoms with Crippen LogP contribution in [0.4, 0.5) is 0 Å². The van der Waals surface area contributed by atoms with Gasteiger partial charge in [0.05, 0.1) is 0 Å². The summed E-state index contributed by atoms with van der Waals surface area (Å²) in [5.41, 5.74) is 0. The van der Waals surface area contributed by atoms with Gasteiger partial charge in [0, 0.05) is 28.9 Å². The molecule has 0 radical (unpaired) electrons. The van der Waals surface area contributed by atoms with Crippen LogP contribution < -0.4 is 5.32 Å². The van der Waals surface area contributed by atoms with Gasteiger partial charge in [0.2, 0.25) is 0 Å². The molecule has 3 heteroatoms. The highest BCUT2D eigenvalue weighted by molar-refractivity contribution is 7.11. The highest BCUT2D eigenvalue weighted by atomic mass is 32.1. The maximum atomic E-state index is 3.53. The second kappa shape index (κ2) is 10.4. The van der Waals surface area contributed by atoms with Crippen LogP contribution in [0.25, 0.3) is 0 Å². The first-order valence-corrected chi connectivity index (χ1v) is 9.37. The molecule has 1 heterocycles. The number of nitrogens with zero attached hydrogens (tertiary/aromatic N) is 1. The van der Waals surface area contributed by atoms with E-state index < -0.39 is 0 Å². The van der Waals surface area contributed by atoms with Crippen molar-refractivity contribution in [2.24, 2.45) is 5.92 Å². The quantitative estimate of drug-likeness (QED) is 0.585. The fraction of sp³-hybridized carbons (Fsp3) is 0.778. The highest BCUT2D eigenvalue weighted by Crippen LogP contribution is 2.20. The smallest absolute Gasteiger partial charge is 0.0330 e.